The van der Waals surface area contributed by atoms with Gasteiger partial charge in [0.05, 0.1) is 13.2 Å². The first-order valence-corrected chi connectivity index (χ1v) is 6.73. The molecule has 0 saturated carbocycles. The molecule has 0 bridgehead atoms. The van der Waals surface area contributed by atoms with E-state index in [0.717, 1.165) is 5.75 Å². The number of Topliss-reactive ketones (excluding diaryl/α,β-unsaturated/α-hetero) is 1. The lowest BCUT2D eigenvalue weighted by Crippen LogP contribution is -2.24. The second-order valence-electron chi connectivity index (χ2n) is 3.85. The number of benzene rings is 1. The van der Waals surface area contributed by atoms with Gasteiger partial charge < -0.3 is 9.47 Å². The van der Waals surface area contributed by atoms with Gasteiger partial charge in [-0.1, -0.05) is 0 Å². The van der Waals surface area contributed by atoms with Crippen LogP contribution in [-0.2, 0) is 4.74 Å². The van der Waals surface area contributed by atoms with E-state index in [-0.39, 0.29) is 11.9 Å². The number of carbonyl (C=O) groups excluding carboxylic acids is 1. The number of rotatable bonds is 6. The second kappa shape index (κ2) is 6.67. The van der Waals surface area contributed by atoms with E-state index in [2.05, 4.69) is 0 Å². The molecule has 0 radical (unpaired) electrons. The molecule has 0 saturated heterocycles. The molecule has 0 aliphatic rings. The summed E-state index contributed by atoms with van der Waals surface area (Å²) in [6, 6.07) is 7.07. The smallest absolute Gasteiger partial charge is 0.201 e. The molecule has 0 aromatic heterocycles. The van der Waals surface area contributed by atoms with Crippen molar-refractivity contribution in [1.82, 2.24) is 0 Å². The van der Waals surface area contributed by atoms with Crippen LogP contribution < -0.4 is 4.74 Å². The molecule has 1 aromatic rings. The number of hydrogen-bond acceptors (Lipinski definition) is 4. The van der Waals surface area contributed by atoms with E-state index in [1.165, 1.54) is 11.8 Å². The highest BCUT2D eigenvalue weighted by Crippen LogP contribution is 2.19. The molecule has 0 aliphatic heterocycles. The number of carbonyl (C=O) groups is 1. The molecular weight excluding hydrogens is 236 g/mol. The van der Waals surface area contributed by atoms with Gasteiger partial charge in [0.25, 0.3) is 0 Å². The maximum atomic E-state index is 12.1. The molecule has 1 rings (SSSR count). The lowest BCUT2D eigenvalue weighted by Gasteiger charge is -2.17. The van der Waals surface area contributed by atoms with Gasteiger partial charge in [0, 0.05) is 5.56 Å². The maximum Gasteiger partial charge on any atom is 0.201 e. The van der Waals surface area contributed by atoms with E-state index < -0.39 is 5.44 Å². The van der Waals surface area contributed by atoms with Gasteiger partial charge in [0.1, 0.15) is 5.75 Å². The Hall–Kier alpha value is -1.00. The molecule has 3 nitrogen and oxygen atoms in total. The SMILES string of the molecule is COc1ccc(C(=O)C(OC(C)C)SC)cc1. The zero-order chi connectivity index (χ0) is 12.8. The third-order valence-corrected chi connectivity index (χ3v) is 2.95. The molecule has 4 heteroatoms. The fourth-order valence-electron chi connectivity index (χ4n) is 1.36. The van der Waals surface area contributed by atoms with Crippen LogP contribution in [0.2, 0.25) is 0 Å². The predicted octanol–water partition coefficient (Wildman–Crippen LogP) is 2.99. The van der Waals surface area contributed by atoms with Crippen molar-refractivity contribution in [3.63, 3.8) is 0 Å². The van der Waals surface area contributed by atoms with Gasteiger partial charge in [0.15, 0.2) is 5.44 Å². The van der Waals surface area contributed by atoms with Crippen molar-refractivity contribution in [2.45, 2.75) is 25.4 Å². The largest absolute Gasteiger partial charge is 0.497 e. The van der Waals surface area contributed by atoms with Crippen molar-refractivity contribution in [2.75, 3.05) is 13.4 Å². The minimum atomic E-state index is -0.441. The van der Waals surface area contributed by atoms with E-state index in [0.29, 0.717) is 5.56 Å². The fourth-order valence-corrected chi connectivity index (χ4v) is 2.05. The molecule has 94 valence electrons. The van der Waals surface area contributed by atoms with Gasteiger partial charge in [-0.05, 0) is 44.4 Å². The Morgan fingerprint density at radius 1 is 1.24 bits per heavy atom. The van der Waals surface area contributed by atoms with Crippen molar-refractivity contribution in [2.24, 2.45) is 0 Å². The summed E-state index contributed by atoms with van der Waals surface area (Å²) in [6.45, 7) is 3.84. The van der Waals surface area contributed by atoms with Crippen LogP contribution in [0.15, 0.2) is 24.3 Å². The normalized spacial score (nSPS) is 12.5. The van der Waals surface area contributed by atoms with E-state index in [4.69, 9.17) is 9.47 Å². The second-order valence-corrected chi connectivity index (χ2v) is 4.74. The zero-order valence-corrected chi connectivity index (χ0v) is 11.4. The Balaban J connectivity index is 2.78. The van der Waals surface area contributed by atoms with E-state index in [1.807, 2.05) is 20.1 Å². The predicted molar refractivity (Wildman–Crippen MR) is 70.8 cm³/mol. The first kappa shape index (κ1) is 14.1. The van der Waals surface area contributed by atoms with Crippen molar-refractivity contribution in [1.29, 1.82) is 0 Å². The number of ketones is 1. The van der Waals surface area contributed by atoms with Crippen LogP contribution in [0, 0.1) is 0 Å². The first-order valence-electron chi connectivity index (χ1n) is 5.45. The van der Waals surface area contributed by atoms with Crippen molar-refractivity contribution in [3.05, 3.63) is 29.8 Å². The number of ether oxygens (including phenoxy) is 2. The average molecular weight is 254 g/mol. The summed E-state index contributed by atoms with van der Waals surface area (Å²) in [7, 11) is 1.60. The quantitative estimate of drug-likeness (QED) is 0.577. The monoisotopic (exact) mass is 254 g/mol. The Morgan fingerprint density at radius 2 is 1.82 bits per heavy atom. The van der Waals surface area contributed by atoms with Crippen LogP contribution in [-0.4, -0.2) is 30.7 Å². The van der Waals surface area contributed by atoms with Gasteiger partial charge in [-0.25, -0.2) is 0 Å². The van der Waals surface area contributed by atoms with Gasteiger partial charge >= 0.3 is 0 Å². The highest BCUT2D eigenvalue weighted by atomic mass is 32.2. The molecule has 0 aliphatic carbocycles. The summed E-state index contributed by atoms with van der Waals surface area (Å²) < 4.78 is 10.6. The molecular formula is C13H18O3S. The summed E-state index contributed by atoms with van der Waals surface area (Å²) in [5.41, 5.74) is 0.203. The average Bonchev–Trinajstić information content (AvgIpc) is 2.35. The summed E-state index contributed by atoms with van der Waals surface area (Å²) in [4.78, 5) is 12.1. The zero-order valence-electron chi connectivity index (χ0n) is 10.6. The van der Waals surface area contributed by atoms with Crippen molar-refractivity contribution >= 4 is 17.5 Å². The minimum absolute atomic E-state index is 0.00569. The minimum Gasteiger partial charge on any atom is -0.497 e. The molecule has 1 atom stereocenters. The Kier molecular flexibility index (Phi) is 5.51. The Morgan fingerprint density at radius 3 is 2.24 bits per heavy atom. The van der Waals surface area contributed by atoms with Crippen LogP contribution >= 0.6 is 11.8 Å². The van der Waals surface area contributed by atoms with Gasteiger partial charge in [-0.2, -0.15) is 0 Å². The van der Waals surface area contributed by atoms with Crippen LogP contribution in [0.5, 0.6) is 5.75 Å². The fraction of sp³-hybridized carbons (Fsp3) is 0.462. The third-order valence-electron chi connectivity index (χ3n) is 2.20. The summed E-state index contributed by atoms with van der Waals surface area (Å²) >= 11 is 1.41. The van der Waals surface area contributed by atoms with E-state index >= 15 is 0 Å². The number of methoxy groups -OCH3 is 1. The molecule has 0 spiro atoms. The van der Waals surface area contributed by atoms with E-state index in [9.17, 15) is 4.79 Å². The highest BCUT2D eigenvalue weighted by molar-refractivity contribution is 7.99. The first-order chi connectivity index (χ1) is 8.08. The van der Waals surface area contributed by atoms with Crippen LogP contribution in [0.1, 0.15) is 24.2 Å². The van der Waals surface area contributed by atoms with Crippen LogP contribution in [0.25, 0.3) is 0 Å². The van der Waals surface area contributed by atoms with Crippen LogP contribution in [0.4, 0.5) is 0 Å². The van der Waals surface area contributed by atoms with Gasteiger partial charge in [-0.3, -0.25) is 4.79 Å². The summed E-state index contributed by atoms with van der Waals surface area (Å²) in [5, 5.41) is 0. The van der Waals surface area contributed by atoms with Crippen LogP contribution in [0.3, 0.4) is 0 Å². The van der Waals surface area contributed by atoms with Gasteiger partial charge in [0.2, 0.25) is 5.78 Å². The standard InChI is InChI=1S/C13H18O3S/c1-9(2)16-13(17-4)12(14)10-5-7-11(15-3)8-6-10/h5-9,13H,1-4H3. The van der Waals surface area contributed by atoms with Crippen molar-refractivity contribution < 1.29 is 14.3 Å². The highest BCUT2D eigenvalue weighted by Gasteiger charge is 2.20. The lowest BCUT2D eigenvalue weighted by molar-refractivity contribution is 0.0465. The van der Waals surface area contributed by atoms with Crippen molar-refractivity contribution in [3.8, 4) is 5.75 Å². The Labute approximate surface area is 106 Å². The number of thioether (sulfide) groups is 1. The molecule has 0 N–H and O–H groups in total. The topological polar surface area (TPSA) is 35.5 Å². The molecule has 0 heterocycles. The molecule has 0 fully saturated rings. The van der Waals surface area contributed by atoms with Gasteiger partial charge in [-0.15, -0.1) is 11.8 Å². The molecule has 1 aromatic carbocycles. The maximum absolute atomic E-state index is 12.1. The third kappa shape index (κ3) is 4.06. The molecule has 17 heavy (non-hydrogen) atoms. The number of hydrogen-bond donors (Lipinski definition) is 0. The molecule has 1 unspecified atom stereocenters. The Bertz CT molecular complexity index is 359. The van der Waals surface area contributed by atoms with E-state index in [1.54, 1.807) is 31.4 Å². The lowest BCUT2D eigenvalue weighted by atomic mass is 10.1. The summed E-state index contributed by atoms with van der Waals surface area (Å²) in [6.07, 6.45) is 1.91. The molecule has 0 amide bonds. The summed E-state index contributed by atoms with van der Waals surface area (Å²) in [5.74, 6) is 0.737.